The van der Waals surface area contributed by atoms with Gasteiger partial charge in [0.1, 0.15) is 6.07 Å². The number of hydrogen-bond acceptors (Lipinski definition) is 3. The van der Waals surface area contributed by atoms with E-state index >= 15 is 0 Å². The van der Waals surface area contributed by atoms with Gasteiger partial charge < -0.3 is 0 Å². The molecule has 0 N–H and O–H groups in total. The molecule has 0 aliphatic carbocycles. The van der Waals surface area contributed by atoms with Gasteiger partial charge in [-0.05, 0) is 19.3 Å². The molecule has 0 saturated heterocycles. The molecule has 0 amide bonds. The van der Waals surface area contributed by atoms with Crippen LogP contribution in [0.25, 0.3) is 0 Å². The Morgan fingerprint density at radius 2 is 2.27 bits per heavy atom. The van der Waals surface area contributed by atoms with E-state index in [0.29, 0.717) is 18.2 Å². The van der Waals surface area contributed by atoms with Crippen LogP contribution >= 0.6 is 0 Å². The van der Waals surface area contributed by atoms with Crippen LogP contribution in [-0.4, -0.2) is 15.0 Å². The average molecular weight is 204 g/mol. The zero-order valence-electron chi connectivity index (χ0n) is 9.49. The Bertz CT molecular complexity index is 395. The van der Waals surface area contributed by atoms with E-state index in [1.165, 1.54) is 0 Å². The highest BCUT2D eigenvalue weighted by Crippen LogP contribution is 2.12. The lowest BCUT2D eigenvalue weighted by Crippen LogP contribution is -2.09. The number of aromatic nitrogens is 3. The third-order valence-corrected chi connectivity index (χ3v) is 1.96. The van der Waals surface area contributed by atoms with Gasteiger partial charge in [-0.25, -0.2) is 4.68 Å². The lowest BCUT2D eigenvalue weighted by Gasteiger charge is -2.07. The van der Waals surface area contributed by atoms with Crippen molar-refractivity contribution in [1.29, 1.82) is 5.26 Å². The molecular weight excluding hydrogens is 188 g/mol. The van der Waals surface area contributed by atoms with Crippen molar-refractivity contribution < 1.29 is 0 Å². The fourth-order valence-corrected chi connectivity index (χ4v) is 1.39. The minimum atomic E-state index is 0.435. The van der Waals surface area contributed by atoms with Gasteiger partial charge in [0.2, 0.25) is 0 Å². The second kappa shape index (κ2) is 4.74. The maximum Gasteiger partial charge on any atom is 0.185 e. The molecule has 0 aromatic carbocycles. The Labute approximate surface area is 90.2 Å². The topological polar surface area (TPSA) is 54.5 Å². The molecule has 0 bridgehead atoms. The summed E-state index contributed by atoms with van der Waals surface area (Å²) in [5.41, 5.74) is 2.36. The van der Waals surface area contributed by atoms with Crippen molar-refractivity contribution in [1.82, 2.24) is 15.0 Å². The van der Waals surface area contributed by atoms with E-state index in [4.69, 9.17) is 5.26 Å². The highest BCUT2D eigenvalue weighted by atomic mass is 15.4. The highest BCUT2D eigenvalue weighted by Gasteiger charge is 2.13. The van der Waals surface area contributed by atoms with Gasteiger partial charge in [-0.3, -0.25) is 0 Å². The zero-order chi connectivity index (χ0) is 11.4. The highest BCUT2D eigenvalue weighted by molar-refractivity contribution is 5.25. The Balaban J connectivity index is 3.01. The first-order valence-electron chi connectivity index (χ1n) is 5.01. The standard InChI is InChI=1S/C11H16N4/c1-8(2)5-11-10(6-12)13-14-15(11)7-9(3)4/h8H,3,5,7H2,1-2,4H3. The van der Waals surface area contributed by atoms with E-state index in [0.717, 1.165) is 17.7 Å². The number of nitriles is 1. The molecule has 1 rings (SSSR count). The zero-order valence-corrected chi connectivity index (χ0v) is 9.49. The molecule has 4 heteroatoms. The first kappa shape index (κ1) is 11.4. The predicted molar refractivity (Wildman–Crippen MR) is 58.1 cm³/mol. The van der Waals surface area contributed by atoms with Gasteiger partial charge in [-0.2, -0.15) is 5.26 Å². The van der Waals surface area contributed by atoms with E-state index in [1.807, 2.05) is 6.92 Å². The van der Waals surface area contributed by atoms with Gasteiger partial charge in [0.15, 0.2) is 5.69 Å². The van der Waals surface area contributed by atoms with Gasteiger partial charge in [0.25, 0.3) is 0 Å². The Morgan fingerprint density at radius 3 is 2.73 bits per heavy atom. The fourth-order valence-electron chi connectivity index (χ4n) is 1.39. The molecule has 80 valence electrons. The van der Waals surface area contributed by atoms with Crippen LogP contribution in [0.2, 0.25) is 0 Å². The summed E-state index contributed by atoms with van der Waals surface area (Å²) in [6, 6.07) is 2.07. The first-order chi connectivity index (χ1) is 7.04. The number of allylic oxidation sites excluding steroid dienone is 1. The largest absolute Gasteiger partial charge is 0.244 e. The molecule has 0 saturated carbocycles. The maximum absolute atomic E-state index is 8.89. The fraction of sp³-hybridized carbons (Fsp3) is 0.545. The number of rotatable bonds is 4. The second-order valence-electron chi connectivity index (χ2n) is 4.21. The van der Waals surface area contributed by atoms with E-state index < -0.39 is 0 Å². The predicted octanol–water partition coefficient (Wildman–Crippen LogP) is 1.92. The SMILES string of the molecule is C=C(C)Cn1nnc(C#N)c1CC(C)C. The Hall–Kier alpha value is -1.63. The first-order valence-corrected chi connectivity index (χ1v) is 5.01. The summed E-state index contributed by atoms with van der Waals surface area (Å²) in [6.07, 6.45) is 0.823. The van der Waals surface area contributed by atoms with Crippen LogP contribution in [0.3, 0.4) is 0 Å². The lowest BCUT2D eigenvalue weighted by molar-refractivity contribution is 0.561. The summed E-state index contributed by atoms with van der Waals surface area (Å²) >= 11 is 0. The van der Waals surface area contributed by atoms with Gasteiger partial charge in [0.05, 0.1) is 12.2 Å². The maximum atomic E-state index is 8.89. The van der Waals surface area contributed by atoms with Crippen molar-refractivity contribution in [3.8, 4) is 6.07 Å². The van der Waals surface area contributed by atoms with Crippen LogP contribution in [0, 0.1) is 17.2 Å². The monoisotopic (exact) mass is 204 g/mol. The van der Waals surface area contributed by atoms with Crippen molar-refractivity contribution >= 4 is 0 Å². The minimum Gasteiger partial charge on any atom is -0.244 e. The van der Waals surface area contributed by atoms with E-state index in [1.54, 1.807) is 4.68 Å². The van der Waals surface area contributed by atoms with Crippen molar-refractivity contribution in [3.05, 3.63) is 23.5 Å². The summed E-state index contributed by atoms with van der Waals surface area (Å²) in [7, 11) is 0. The molecule has 0 aliphatic rings. The van der Waals surface area contributed by atoms with Crippen LogP contribution in [0.5, 0.6) is 0 Å². The average Bonchev–Trinajstić information content (AvgIpc) is 2.47. The van der Waals surface area contributed by atoms with Crippen LogP contribution in [-0.2, 0) is 13.0 Å². The summed E-state index contributed by atoms with van der Waals surface area (Å²) < 4.78 is 1.76. The molecule has 0 unspecified atom stereocenters. The second-order valence-corrected chi connectivity index (χ2v) is 4.21. The molecule has 15 heavy (non-hydrogen) atoms. The molecule has 0 spiro atoms. The van der Waals surface area contributed by atoms with Crippen molar-refractivity contribution in [3.63, 3.8) is 0 Å². The summed E-state index contributed by atoms with van der Waals surface area (Å²) in [5, 5.41) is 16.7. The Morgan fingerprint density at radius 1 is 1.60 bits per heavy atom. The van der Waals surface area contributed by atoms with Crippen molar-refractivity contribution in [2.45, 2.75) is 33.7 Å². The third kappa shape index (κ3) is 2.91. The van der Waals surface area contributed by atoms with E-state index in [2.05, 4.69) is 36.8 Å². The van der Waals surface area contributed by atoms with Crippen molar-refractivity contribution in [2.24, 2.45) is 5.92 Å². The number of nitrogens with zero attached hydrogens (tertiary/aromatic N) is 4. The smallest absolute Gasteiger partial charge is 0.185 e. The van der Waals surface area contributed by atoms with Crippen LogP contribution < -0.4 is 0 Å². The quantitative estimate of drug-likeness (QED) is 0.704. The molecular formula is C11H16N4. The molecule has 1 aromatic heterocycles. The molecule has 1 heterocycles. The Kier molecular flexibility index (Phi) is 3.62. The molecule has 0 fully saturated rings. The number of hydrogen-bond donors (Lipinski definition) is 0. The third-order valence-electron chi connectivity index (χ3n) is 1.96. The summed E-state index contributed by atoms with van der Waals surface area (Å²) in [4.78, 5) is 0. The van der Waals surface area contributed by atoms with E-state index in [-0.39, 0.29) is 0 Å². The van der Waals surface area contributed by atoms with E-state index in [9.17, 15) is 0 Å². The summed E-state index contributed by atoms with van der Waals surface area (Å²) in [6.45, 7) is 10.6. The molecule has 0 atom stereocenters. The van der Waals surface area contributed by atoms with Crippen LogP contribution in [0.15, 0.2) is 12.2 Å². The molecule has 0 aliphatic heterocycles. The normalized spacial score (nSPS) is 10.3. The molecule has 0 radical (unpaired) electrons. The summed E-state index contributed by atoms with van der Waals surface area (Å²) in [5.74, 6) is 0.486. The van der Waals surface area contributed by atoms with Crippen LogP contribution in [0.4, 0.5) is 0 Å². The van der Waals surface area contributed by atoms with Gasteiger partial charge >= 0.3 is 0 Å². The van der Waals surface area contributed by atoms with Crippen molar-refractivity contribution in [2.75, 3.05) is 0 Å². The van der Waals surface area contributed by atoms with Gasteiger partial charge in [0, 0.05) is 0 Å². The van der Waals surface area contributed by atoms with Gasteiger partial charge in [-0.1, -0.05) is 31.2 Å². The van der Waals surface area contributed by atoms with Crippen LogP contribution in [0.1, 0.15) is 32.2 Å². The minimum absolute atomic E-state index is 0.435. The molecule has 4 nitrogen and oxygen atoms in total. The molecule has 1 aromatic rings. The lowest BCUT2D eigenvalue weighted by atomic mass is 10.1. The van der Waals surface area contributed by atoms with Gasteiger partial charge in [-0.15, -0.1) is 5.10 Å².